The number of carbonyl (C=O) groups excluding carboxylic acids is 2. The SMILES string of the molecule is CCOc1ccc2nc(N3C(=O)C(=O)C(=C(O)c4ccc(Cl)cc4)C3c3ccc(F)cc3)sc2c1. The summed E-state index contributed by atoms with van der Waals surface area (Å²) in [4.78, 5) is 32.3. The van der Waals surface area contributed by atoms with Gasteiger partial charge in [-0.15, -0.1) is 0 Å². The van der Waals surface area contributed by atoms with Crippen molar-refractivity contribution in [3.8, 4) is 5.75 Å². The Hall–Kier alpha value is -3.75. The van der Waals surface area contributed by atoms with E-state index in [1.165, 1.54) is 40.5 Å². The van der Waals surface area contributed by atoms with Gasteiger partial charge in [-0.2, -0.15) is 0 Å². The molecule has 1 fully saturated rings. The van der Waals surface area contributed by atoms with E-state index in [0.29, 0.717) is 34.0 Å². The van der Waals surface area contributed by atoms with Crippen LogP contribution in [0.25, 0.3) is 16.0 Å². The molecule has 35 heavy (non-hydrogen) atoms. The van der Waals surface area contributed by atoms with Gasteiger partial charge in [0.1, 0.15) is 17.3 Å². The van der Waals surface area contributed by atoms with Crippen molar-refractivity contribution < 1.29 is 23.8 Å². The van der Waals surface area contributed by atoms with Gasteiger partial charge in [0.15, 0.2) is 5.13 Å². The Bertz CT molecular complexity index is 1480. The van der Waals surface area contributed by atoms with Crippen molar-refractivity contribution in [3.63, 3.8) is 0 Å². The maximum absolute atomic E-state index is 13.7. The fourth-order valence-electron chi connectivity index (χ4n) is 4.01. The fourth-order valence-corrected chi connectivity index (χ4v) is 5.15. The average molecular weight is 509 g/mol. The second-order valence-corrected chi connectivity index (χ2v) is 9.23. The number of Topliss-reactive ketones (excluding diaryl/α,β-unsaturated/α-hetero) is 1. The van der Waals surface area contributed by atoms with Gasteiger partial charge >= 0.3 is 5.91 Å². The molecule has 5 rings (SSSR count). The minimum absolute atomic E-state index is 0.113. The number of anilines is 1. The molecule has 0 bridgehead atoms. The van der Waals surface area contributed by atoms with Crippen molar-refractivity contribution in [2.24, 2.45) is 0 Å². The van der Waals surface area contributed by atoms with Crippen molar-refractivity contribution in [3.05, 3.63) is 94.3 Å². The van der Waals surface area contributed by atoms with E-state index in [2.05, 4.69) is 4.98 Å². The molecule has 1 amide bonds. The molecule has 3 aromatic carbocycles. The third-order valence-electron chi connectivity index (χ3n) is 5.61. The van der Waals surface area contributed by atoms with Crippen molar-refractivity contribution in [1.29, 1.82) is 0 Å². The van der Waals surface area contributed by atoms with Crippen LogP contribution in [0.5, 0.6) is 5.75 Å². The number of ketones is 1. The minimum atomic E-state index is -1.00. The van der Waals surface area contributed by atoms with Crippen LogP contribution in [0.15, 0.2) is 72.3 Å². The van der Waals surface area contributed by atoms with E-state index in [-0.39, 0.29) is 16.5 Å². The standard InChI is InChI=1S/C26H18ClFN2O4S/c1-2-34-18-11-12-19-20(13-18)35-26(29-19)30-22(14-5-9-17(28)10-6-14)21(24(32)25(30)33)23(31)15-3-7-16(27)8-4-15/h3-13,22,31H,2H2,1H3. The molecule has 176 valence electrons. The molecular weight excluding hydrogens is 491 g/mol. The quantitative estimate of drug-likeness (QED) is 0.200. The Kier molecular flexibility index (Phi) is 6.00. The molecule has 2 heterocycles. The van der Waals surface area contributed by atoms with E-state index >= 15 is 0 Å². The normalized spacial score (nSPS) is 17.3. The van der Waals surface area contributed by atoms with Crippen LogP contribution in [0, 0.1) is 5.82 Å². The summed E-state index contributed by atoms with van der Waals surface area (Å²) < 4.78 is 20.0. The number of aliphatic hydroxyl groups excluding tert-OH is 1. The summed E-state index contributed by atoms with van der Waals surface area (Å²) in [6.07, 6.45) is 0. The van der Waals surface area contributed by atoms with Crippen LogP contribution in [0.1, 0.15) is 24.1 Å². The molecule has 9 heteroatoms. The van der Waals surface area contributed by atoms with Gasteiger partial charge in [0.05, 0.1) is 28.4 Å². The number of benzene rings is 3. The molecule has 1 atom stereocenters. The monoisotopic (exact) mass is 508 g/mol. The molecule has 0 radical (unpaired) electrons. The van der Waals surface area contributed by atoms with E-state index in [1.807, 2.05) is 13.0 Å². The molecule has 0 saturated carbocycles. The van der Waals surface area contributed by atoms with Gasteiger partial charge in [0.2, 0.25) is 0 Å². The lowest BCUT2D eigenvalue weighted by Gasteiger charge is -2.23. The Labute approximate surface area is 208 Å². The average Bonchev–Trinajstić information content (AvgIpc) is 3.38. The number of ether oxygens (including phenoxy) is 1. The summed E-state index contributed by atoms with van der Waals surface area (Å²) in [5, 5.41) is 11.8. The number of rotatable bonds is 5. The molecule has 6 nitrogen and oxygen atoms in total. The second kappa shape index (κ2) is 9.13. The highest BCUT2D eigenvalue weighted by atomic mass is 35.5. The maximum Gasteiger partial charge on any atom is 0.301 e. The summed E-state index contributed by atoms with van der Waals surface area (Å²) in [6, 6.07) is 16.1. The van der Waals surface area contributed by atoms with E-state index in [1.54, 1.807) is 36.4 Å². The van der Waals surface area contributed by atoms with E-state index in [9.17, 15) is 19.1 Å². The summed E-state index contributed by atoms with van der Waals surface area (Å²) >= 11 is 7.18. The van der Waals surface area contributed by atoms with Gasteiger partial charge in [-0.05, 0) is 67.1 Å². The number of carbonyl (C=O) groups is 2. The lowest BCUT2D eigenvalue weighted by molar-refractivity contribution is -0.132. The fraction of sp³-hybridized carbons (Fsp3) is 0.115. The summed E-state index contributed by atoms with van der Waals surface area (Å²) in [5.74, 6) is -1.85. The topological polar surface area (TPSA) is 79.7 Å². The predicted molar refractivity (Wildman–Crippen MR) is 133 cm³/mol. The second-order valence-electron chi connectivity index (χ2n) is 7.79. The first-order valence-corrected chi connectivity index (χ1v) is 11.9. The number of halogens is 2. The van der Waals surface area contributed by atoms with Crippen molar-refractivity contribution in [2.75, 3.05) is 11.5 Å². The lowest BCUT2D eigenvalue weighted by Crippen LogP contribution is -2.29. The Balaban J connectivity index is 1.69. The van der Waals surface area contributed by atoms with E-state index in [4.69, 9.17) is 16.3 Å². The highest BCUT2D eigenvalue weighted by Gasteiger charge is 2.48. The Morgan fingerprint density at radius 1 is 1.11 bits per heavy atom. The first-order chi connectivity index (χ1) is 16.9. The van der Waals surface area contributed by atoms with Gasteiger partial charge in [0, 0.05) is 10.6 Å². The zero-order valence-corrected chi connectivity index (χ0v) is 19.9. The molecule has 0 aliphatic carbocycles. The summed E-state index contributed by atoms with van der Waals surface area (Å²) in [6.45, 7) is 2.38. The molecular formula is C26H18ClFN2O4S. The zero-order valence-electron chi connectivity index (χ0n) is 18.4. The third-order valence-corrected chi connectivity index (χ3v) is 6.88. The van der Waals surface area contributed by atoms with Crippen LogP contribution in [-0.2, 0) is 9.59 Å². The van der Waals surface area contributed by atoms with Crippen LogP contribution < -0.4 is 9.64 Å². The molecule has 1 aliphatic rings. The summed E-state index contributed by atoms with van der Waals surface area (Å²) in [7, 11) is 0. The van der Waals surface area contributed by atoms with Crippen LogP contribution in [0.2, 0.25) is 5.02 Å². The molecule has 1 unspecified atom stereocenters. The van der Waals surface area contributed by atoms with Crippen molar-refractivity contribution >= 4 is 55.7 Å². The first-order valence-electron chi connectivity index (χ1n) is 10.7. The molecule has 4 aromatic rings. The smallest absolute Gasteiger partial charge is 0.301 e. The lowest BCUT2D eigenvalue weighted by atomic mass is 9.95. The van der Waals surface area contributed by atoms with Gasteiger partial charge in [-0.1, -0.05) is 35.1 Å². The maximum atomic E-state index is 13.7. The highest BCUT2D eigenvalue weighted by Crippen LogP contribution is 2.44. The number of hydrogen-bond donors (Lipinski definition) is 1. The third kappa shape index (κ3) is 4.15. The van der Waals surface area contributed by atoms with E-state index in [0.717, 1.165) is 4.70 Å². The number of aliphatic hydroxyl groups is 1. The molecule has 1 aliphatic heterocycles. The molecule has 0 spiro atoms. The number of hydrogen-bond acceptors (Lipinski definition) is 6. The van der Waals surface area contributed by atoms with Gasteiger partial charge < -0.3 is 9.84 Å². The van der Waals surface area contributed by atoms with Crippen molar-refractivity contribution in [1.82, 2.24) is 4.98 Å². The highest BCUT2D eigenvalue weighted by molar-refractivity contribution is 7.22. The minimum Gasteiger partial charge on any atom is -0.507 e. The van der Waals surface area contributed by atoms with Gasteiger partial charge in [-0.3, -0.25) is 14.5 Å². The molecule has 1 saturated heterocycles. The van der Waals surface area contributed by atoms with Crippen LogP contribution >= 0.6 is 22.9 Å². The number of aromatic nitrogens is 1. The Morgan fingerprint density at radius 3 is 2.51 bits per heavy atom. The molecule has 1 N–H and O–H groups in total. The van der Waals surface area contributed by atoms with Crippen LogP contribution in [0.3, 0.4) is 0 Å². The van der Waals surface area contributed by atoms with Crippen LogP contribution in [0.4, 0.5) is 9.52 Å². The Morgan fingerprint density at radius 2 is 1.83 bits per heavy atom. The van der Waals surface area contributed by atoms with Gasteiger partial charge in [0.25, 0.3) is 5.78 Å². The number of amides is 1. The van der Waals surface area contributed by atoms with Crippen LogP contribution in [-0.4, -0.2) is 28.4 Å². The van der Waals surface area contributed by atoms with Gasteiger partial charge in [-0.25, -0.2) is 9.37 Å². The zero-order chi connectivity index (χ0) is 24.7. The van der Waals surface area contributed by atoms with Crippen molar-refractivity contribution in [2.45, 2.75) is 13.0 Å². The van der Waals surface area contributed by atoms with E-state index < -0.39 is 23.5 Å². The largest absolute Gasteiger partial charge is 0.507 e. The summed E-state index contributed by atoms with van der Waals surface area (Å²) in [5.41, 5.74) is 1.30. The first kappa shape index (κ1) is 23.0. The molecule has 1 aromatic heterocycles. The number of fused-ring (bicyclic) bond motifs is 1. The number of thiazole rings is 1. The predicted octanol–water partition coefficient (Wildman–Crippen LogP) is 6.11. The number of nitrogens with zero attached hydrogens (tertiary/aromatic N) is 2.